The molecule has 0 atom stereocenters. The lowest BCUT2D eigenvalue weighted by molar-refractivity contribution is -0.124. The molecule has 0 aromatic carbocycles. The van der Waals surface area contributed by atoms with Crippen LogP contribution >= 0.6 is 0 Å². The van der Waals surface area contributed by atoms with Crippen LogP contribution in [0.25, 0.3) is 0 Å². The monoisotopic (exact) mass is 273 g/mol. The van der Waals surface area contributed by atoms with E-state index in [-0.39, 0.29) is 5.91 Å². The normalized spacial score (nSPS) is 16.6. The molecule has 1 aliphatic rings. The lowest BCUT2D eigenvalue weighted by Crippen LogP contribution is -2.25. The predicted molar refractivity (Wildman–Crippen MR) is 86.5 cm³/mol. The van der Waals surface area contributed by atoms with Crippen LogP contribution in [0.4, 0.5) is 0 Å². The summed E-state index contributed by atoms with van der Waals surface area (Å²) in [4.78, 5) is 13.6. The molecule has 1 rings (SSSR count). The van der Waals surface area contributed by atoms with Gasteiger partial charge in [-0.2, -0.15) is 0 Å². The second kappa shape index (κ2) is 11.3. The van der Waals surface area contributed by atoms with Crippen molar-refractivity contribution < 1.29 is 4.79 Å². The number of unbranched alkanes of at least 4 members (excludes halogenated alkanes) is 1. The summed E-state index contributed by atoms with van der Waals surface area (Å²) in [7, 11) is 0. The van der Waals surface area contributed by atoms with E-state index >= 15 is 0 Å². The van der Waals surface area contributed by atoms with Crippen LogP contribution in [-0.2, 0) is 4.79 Å². The Balaban J connectivity index is 2.06. The zero-order valence-corrected chi connectivity index (χ0v) is 12.6. The van der Waals surface area contributed by atoms with Crippen molar-refractivity contribution in [2.45, 2.75) is 45.4 Å². The molecule has 2 heteroatoms. The fraction of sp³-hybridized carbons (Fsp3) is 0.500. The highest BCUT2D eigenvalue weighted by atomic mass is 16.2. The third-order valence-electron chi connectivity index (χ3n) is 3.24. The van der Waals surface area contributed by atoms with E-state index in [2.05, 4.69) is 37.3 Å². The van der Waals surface area contributed by atoms with Gasteiger partial charge in [-0.1, -0.05) is 49.5 Å². The second-order valence-corrected chi connectivity index (χ2v) is 4.98. The van der Waals surface area contributed by atoms with Crippen LogP contribution in [0, 0.1) is 0 Å². The number of allylic oxidation sites excluding steroid dienone is 7. The molecular weight excluding hydrogens is 246 g/mol. The van der Waals surface area contributed by atoms with E-state index in [1.54, 1.807) is 6.08 Å². The lowest BCUT2D eigenvalue weighted by atomic mass is 10.2. The van der Waals surface area contributed by atoms with Crippen LogP contribution in [0.1, 0.15) is 45.4 Å². The Hall–Kier alpha value is -1.57. The summed E-state index contributed by atoms with van der Waals surface area (Å²) in [5.41, 5.74) is 0. The van der Waals surface area contributed by atoms with E-state index in [1.165, 1.54) is 0 Å². The van der Waals surface area contributed by atoms with Crippen LogP contribution < -0.4 is 0 Å². The van der Waals surface area contributed by atoms with Gasteiger partial charge in [-0.15, -0.1) is 0 Å². The standard InChI is InChI=1S/C18H27NO/c1-2-3-4-5-6-7-8-9-10-11-12-15-18(20)19-16-13-14-17-19/h3-4,6-7,10-12,15H,2,5,8-9,13-14,16-17H2,1H3. The van der Waals surface area contributed by atoms with Gasteiger partial charge in [0.15, 0.2) is 0 Å². The van der Waals surface area contributed by atoms with E-state index in [9.17, 15) is 4.79 Å². The molecule has 2 nitrogen and oxygen atoms in total. The Morgan fingerprint density at radius 1 is 0.950 bits per heavy atom. The Bertz CT molecular complexity index is 371. The van der Waals surface area contributed by atoms with Crippen LogP contribution in [0.3, 0.4) is 0 Å². The highest BCUT2D eigenvalue weighted by Gasteiger charge is 2.14. The predicted octanol–water partition coefficient (Wildman–Crippen LogP) is 4.41. The summed E-state index contributed by atoms with van der Waals surface area (Å²) < 4.78 is 0. The van der Waals surface area contributed by atoms with Gasteiger partial charge in [0.2, 0.25) is 5.91 Å². The summed E-state index contributed by atoms with van der Waals surface area (Å²) in [6.07, 6.45) is 22.9. The maximum absolute atomic E-state index is 11.7. The summed E-state index contributed by atoms with van der Waals surface area (Å²) >= 11 is 0. The smallest absolute Gasteiger partial charge is 0.246 e. The molecule has 110 valence electrons. The van der Waals surface area contributed by atoms with Crippen molar-refractivity contribution in [3.63, 3.8) is 0 Å². The molecule has 0 saturated carbocycles. The molecule has 1 saturated heterocycles. The van der Waals surface area contributed by atoms with Crippen molar-refractivity contribution in [1.29, 1.82) is 0 Å². The highest BCUT2D eigenvalue weighted by Crippen LogP contribution is 2.07. The zero-order valence-electron chi connectivity index (χ0n) is 12.6. The fourth-order valence-corrected chi connectivity index (χ4v) is 2.10. The van der Waals surface area contributed by atoms with Crippen LogP contribution in [0.2, 0.25) is 0 Å². The van der Waals surface area contributed by atoms with Gasteiger partial charge >= 0.3 is 0 Å². The van der Waals surface area contributed by atoms with E-state index < -0.39 is 0 Å². The summed E-state index contributed by atoms with van der Waals surface area (Å²) in [6, 6.07) is 0. The van der Waals surface area contributed by atoms with Gasteiger partial charge in [0, 0.05) is 19.2 Å². The minimum Gasteiger partial charge on any atom is -0.339 e. The number of rotatable bonds is 8. The number of nitrogens with zero attached hydrogens (tertiary/aromatic N) is 1. The van der Waals surface area contributed by atoms with Gasteiger partial charge in [-0.25, -0.2) is 0 Å². The average Bonchev–Trinajstić information content (AvgIpc) is 2.99. The van der Waals surface area contributed by atoms with E-state index in [4.69, 9.17) is 0 Å². The lowest BCUT2D eigenvalue weighted by Gasteiger charge is -2.11. The molecule has 1 heterocycles. The van der Waals surface area contributed by atoms with Crippen LogP contribution in [-0.4, -0.2) is 23.9 Å². The Kier molecular flexibility index (Phi) is 9.29. The molecule has 0 bridgehead atoms. The number of carbonyl (C=O) groups excluding carboxylic acids is 1. The first-order chi connectivity index (χ1) is 9.84. The number of hydrogen-bond acceptors (Lipinski definition) is 1. The molecule has 20 heavy (non-hydrogen) atoms. The molecule has 0 aromatic heterocycles. The molecule has 1 fully saturated rings. The number of hydrogen-bond donors (Lipinski definition) is 0. The van der Waals surface area contributed by atoms with E-state index in [1.807, 2.05) is 17.1 Å². The number of carbonyl (C=O) groups is 1. The molecule has 0 aliphatic carbocycles. The molecule has 0 spiro atoms. The molecule has 0 unspecified atom stereocenters. The molecule has 1 aliphatic heterocycles. The minimum atomic E-state index is 0.148. The first kappa shape index (κ1) is 16.5. The highest BCUT2D eigenvalue weighted by molar-refractivity contribution is 5.88. The molecule has 0 radical (unpaired) electrons. The SMILES string of the molecule is CCC=CCC=CCCC=CC=CC(=O)N1CCCC1. The van der Waals surface area contributed by atoms with Crippen molar-refractivity contribution in [3.8, 4) is 0 Å². The van der Waals surface area contributed by atoms with Gasteiger partial charge in [-0.3, -0.25) is 4.79 Å². The van der Waals surface area contributed by atoms with Crippen LogP contribution in [0.15, 0.2) is 48.6 Å². The Morgan fingerprint density at radius 3 is 2.40 bits per heavy atom. The third kappa shape index (κ3) is 7.78. The molecule has 0 N–H and O–H groups in total. The number of likely N-dealkylation sites (tertiary alicyclic amines) is 1. The Morgan fingerprint density at radius 2 is 1.65 bits per heavy atom. The van der Waals surface area contributed by atoms with Crippen molar-refractivity contribution in [2.24, 2.45) is 0 Å². The first-order valence-corrected chi connectivity index (χ1v) is 7.76. The largest absolute Gasteiger partial charge is 0.339 e. The molecule has 1 amide bonds. The van der Waals surface area contributed by atoms with Gasteiger partial charge in [-0.05, 0) is 38.5 Å². The van der Waals surface area contributed by atoms with E-state index in [0.29, 0.717) is 0 Å². The van der Waals surface area contributed by atoms with Crippen molar-refractivity contribution in [1.82, 2.24) is 4.90 Å². The minimum absolute atomic E-state index is 0.148. The van der Waals surface area contributed by atoms with E-state index in [0.717, 1.165) is 51.6 Å². The second-order valence-electron chi connectivity index (χ2n) is 4.98. The summed E-state index contributed by atoms with van der Waals surface area (Å²) in [5, 5.41) is 0. The van der Waals surface area contributed by atoms with Crippen molar-refractivity contribution in [3.05, 3.63) is 48.6 Å². The zero-order chi connectivity index (χ0) is 14.5. The van der Waals surface area contributed by atoms with Gasteiger partial charge < -0.3 is 4.90 Å². The maximum atomic E-state index is 11.7. The molecule has 0 aromatic rings. The summed E-state index contributed by atoms with van der Waals surface area (Å²) in [5.74, 6) is 0.148. The Labute approximate surface area is 123 Å². The van der Waals surface area contributed by atoms with Gasteiger partial charge in [0.25, 0.3) is 0 Å². The van der Waals surface area contributed by atoms with Crippen LogP contribution in [0.5, 0.6) is 0 Å². The fourth-order valence-electron chi connectivity index (χ4n) is 2.10. The average molecular weight is 273 g/mol. The number of amides is 1. The molecular formula is C18H27NO. The third-order valence-corrected chi connectivity index (χ3v) is 3.24. The summed E-state index contributed by atoms with van der Waals surface area (Å²) in [6.45, 7) is 3.99. The topological polar surface area (TPSA) is 20.3 Å². The quantitative estimate of drug-likeness (QED) is 0.277. The maximum Gasteiger partial charge on any atom is 0.246 e. The first-order valence-electron chi connectivity index (χ1n) is 7.76. The van der Waals surface area contributed by atoms with Crippen molar-refractivity contribution in [2.75, 3.05) is 13.1 Å². The van der Waals surface area contributed by atoms with Gasteiger partial charge in [0.05, 0.1) is 0 Å². The van der Waals surface area contributed by atoms with Gasteiger partial charge in [0.1, 0.15) is 0 Å². The van der Waals surface area contributed by atoms with Crippen molar-refractivity contribution >= 4 is 5.91 Å².